The van der Waals surface area contributed by atoms with Crippen molar-refractivity contribution in [1.29, 1.82) is 0 Å². The van der Waals surface area contributed by atoms with Crippen LogP contribution in [0.4, 0.5) is 0 Å². The number of nitrogens with two attached hydrogens (primary N) is 1. The molecule has 0 heterocycles. The molecule has 3 heteroatoms. The Labute approximate surface area is 84.3 Å². The van der Waals surface area contributed by atoms with Crippen molar-refractivity contribution >= 4 is 5.97 Å². The fraction of sp³-hybridized carbons (Fsp3) is 0.545. The molecule has 0 radical (unpaired) electrons. The summed E-state index contributed by atoms with van der Waals surface area (Å²) in [6, 6.07) is 0. The monoisotopic (exact) mass is 195 g/mol. The molecule has 78 valence electrons. The summed E-state index contributed by atoms with van der Waals surface area (Å²) in [7, 11) is 0. The van der Waals surface area contributed by atoms with Gasteiger partial charge in [-0.1, -0.05) is 19.1 Å². The Morgan fingerprint density at radius 2 is 2.29 bits per heavy atom. The summed E-state index contributed by atoms with van der Waals surface area (Å²) in [4.78, 5) is 11.2. The zero-order valence-electron chi connectivity index (χ0n) is 8.87. The number of hydrogen-bond donors (Lipinski definition) is 2. The van der Waals surface area contributed by atoms with Crippen LogP contribution in [-0.4, -0.2) is 11.1 Å². The minimum atomic E-state index is -0.849. The molecule has 3 nitrogen and oxygen atoms in total. The van der Waals surface area contributed by atoms with Gasteiger partial charge in [0.2, 0.25) is 0 Å². The maximum Gasteiger partial charge on any atom is 0.313 e. The highest BCUT2D eigenvalue weighted by Crippen LogP contribution is 2.39. The van der Waals surface area contributed by atoms with Crippen LogP contribution in [-0.2, 0) is 4.79 Å². The standard InChI is InChI=1S/C11H17NO2/c1-4-8-9(12)7(2)5-6-11(8,3)10(13)14/h5-6,8H,4,12H2,1-3H3,(H,13,14). The summed E-state index contributed by atoms with van der Waals surface area (Å²) in [5.41, 5.74) is 6.75. The summed E-state index contributed by atoms with van der Waals surface area (Å²) >= 11 is 0. The fourth-order valence-electron chi connectivity index (χ4n) is 1.97. The van der Waals surface area contributed by atoms with Crippen molar-refractivity contribution in [1.82, 2.24) is 0 Å². The number of carbonyl (C=O) groups is 1. The van der Waals surface area contributed by atoms with E-state index in [0.29, 0.717) is 5.70 Å². The average molecular weight is 195 g/mol. The molecule has 0 saturated carbocycles. The second-order valence-electron chi connectivity index (χ2n) is 4.02. The van der Waals surface area contributed by atoms with Crippen LogP contribution in [0.25, 0.3) is 0 Å². The van der Waals surface area contributed by atoms with Gasteiger partial charge < -0.3 is 10.8 Å². The molecule has 14 heavy (non-hydrogen) atoms. The van der Waals surface area contributed by atoms with Crippen LogP contribution in [0.2, 0.25) is 0 Å². The van der Waals surface area contributed by atoms with Gasteiger partial charge in [0.1, 0.15) is 0 Å². The Hall–Kier alpha value is -1.25. The van der Waals surface area contributed by atoms with Crippen molar-refractivity contribution in [3.05, 3.63) is 23.4 Å². The van der Waals surface area contributed by atoms with Crippen LogP contribution in [0.5, 0.6) is 0 Å². The largest absolute Gasteiger partial charge is 0.481 e. The number of hydrogen-bond acceptors (Lipinski definition) is 2. The first-order valence-corrected chi connectivity index (χ1v) is 4.82. The van der Waals surface area contributed by atoms with E-state index in [1.54, 1.807) is 19.1 Å². The highest BCUT2D eigenvalue weighted by molar-refractivity contribution is 5.78. The molecule has 2 unspecified atom stereocenters. The van der Waals surface area contributed by atoms with Crippen LogP contribution in [0, 0.1) is 11.3 Å². The molecule has 3 N–H and O–H groups in total. The minimum absolute atomic E-state index is 0.0926. The Bertz CT molecular complexity index is 317. The zero-order valence-corrected chi connectivity index (χ0v) is 8.87. The summed E-state index contributed by atoms with van der Waals surface area (Å²) in [5, 5.41) is 9.17. The summed E-state index contributed by atoms with van der Waals surface area (Å²) < 4.78 is 0. The number of carboxylic acids is 1. The van der Waals surface area contributed by atoms with E-state index < -0.39 is 11.4 Å². The predicted molar refractivity (Wildman–Crippen MR) is 55.6 cm³/mol. The quantitative estimate of drug-likeness (QED) is 0.707. The topological polar surface area (TPSA) is 63.3 Å². The van der Waals surface area contributed by atoms with Crippen LogP contribution in [0.3, 0.4) is 0 Å². The lowest BCUT2D eigenvalue weighted by molar-refractivity contribution is -0.147. The number of aliphatic carboxylic acids is 1. The molecule has 2 atom stereocenters. The van der Waals surface area contributed by atoms with E-state index >= 15 is 0 Å². The highest BCUT2D eigenvalue weighted by atomic mass is 16.4. The SMILES string of the molecule is CCC1C(N)=C(C)C=CC1(C)C(=O)O. The summed E-state index contributed by atoms with van der Waals surface area (Å²) in [5.74, 6) is -0.902. The molecule has 0 aromatic rings. The lowest BCUT2D eigenvalue weighted by atomic mass is 9.70. The Morgan fingerprint density at radius 3 is 2.71 bits per heavy atom. The van der Waals surface area contributed by atoms with Gasteiger partial charge in [-0.15, -0.1) is 0 Å². The molecule has 0 aromatic heterocycles. The van der Waals surface area contributed by atoms with Gasteiger partial charge >= 0.3 is 5.97 Å². The molecule has 1 rings (SSSR count). The van der Waals surface area contributed by atoms with Crippen LogP contribution < -0.4 is 5.73 Å². The zero-order chi connectivity index (χ0) is 10.9. The molecule has 0 bridgehead atoms. The van der Waals surface area contributed by atoms with Crippen LogP contribution >= 0.6 is 0 Å². The maximum atomic E-state index is 11.2. The molecule has 0 aromatic carbocycles. The number of allylic oxidation sites excluding steroid dienone is 3. The third kappa shape index (κ3) is 1.43. The average Bonchev–Trinajstić information content (AvgIpc) is 2.13. The third-order valence-electron chi connectivity index (χ3n) is 3.10. The second kappa shape index (κ2) is 3.48. The van der Waals surface area contributed by atoms with Gasteiger partial charge in [-0.25, -0.2) is 0 Å². The van der Waals surface area contributed by atoms with Crippen molar-refractivity contribution in [2.75, 3.05) is 0 Å². The van der Waals surface area contributed by atoms with Gasteiger partial charge in [-0.3, -0.25) is 4.79 Å². The van der Waals surface area contributed by atoms with E-state index in [4.69, 9.17) is 5.73 Å². The summed E-state index contributed by atoms with van der Waals surface area (Å²) in [6.07, 6.45) is 4.29. The fourth-order valence-corrected chi connectivity index (χ4v) is 1.97. The Balaban J connectivity index is 3.16. The van der Waals surface area contributed by atoms with Gasteiger partial charge in [0.15, 0.2) is 0 Å². The van der Waals surface area contributed by atoms with Crippen LogP contribution in [0.1, 0.15) is 27.2 Å². The van der Waals surface area contributed by atoms with Gasteiger partial charge in [0.25, 0.3) is 0 Å². The third-order valence-corrected chi connectivity index (χ3v) is 3.10. The number of rotatable bonds is 2. The van der Waals surface area contributed by atoms with Gasteiger partial charge in [-0.2, -0.15) is 0 Å². The lowest BCUT2D eigenvalue weighted by Crippen LogP contribution is -2.39. The molecule has 0 amide bonds. The smallest absolute Gasteiger partial charge is 0.313 e. The molecule has 0 aliphatic heterocycles. The van der Waals surface area contributed by atoms with Crippen molar-refractivity contribution in [3.63, 3.8) is 0 Å². The van der Waals surface area contributed by atoms with E-state index in [0.717, 1.165) is 12.0 Å². The molecule has 0 fully saturated rings. The Kier molecular flexibility index (Phi) is 2.69. The van der Waals surface area contributed by atoms with Gasteiger partial charge in [0.05, 0.1) is 5.41 Å². The van der Waals surface area contributed by atoms with Crippen molar-refractivity contribution < 1.29 is 9.90 Å². The summed E-state index contributed by atoms with van der Waals surface area (Å²) in [6.45, 7) is 5.60. The van der Waals surface area contributed by atoms with E-state index in [1.807, 2.05) is 13.8 Å². The van der Waals surface area contributed by atoms with Crippen LogP contribution in [0.15, 0.2) is 23.4 Å². The van der Waals surface area contributed by atoms with Crippen molar-refractivity contribution in [3.8, 4) is 0 Å². The molecule has 0 saturated heterocycles. The normalized spacial score (nSPS) is 32.1. The van der Waals surface area contributed by atoms with Gasteiger partial charge in [-0.05, 0) is 25.8 Å². The van der Waals surface area contributed by atoms with Crippen molar-refractivity contribution in [2.45, 2.75) is 27.2 Å². The highest BCUT2D eigenvalue weighted by Gasteiger charge is 2.41. The lowest BCUT2D eigenvalue weighted by Gasteiger charge is -2.34. The van der Waals surface area contributed by atoms with E-state index in [9.17, 15) is 9.90 Å². The molecular weight excluding hydrogens is 178 g/mol. The van der Waals surface area contributed by atoms with E-state index in [1.165, 1.54) is 0 Å². The van der Waals surface area contributed by atoms with Gasteiger partial charge in [0, 0.05) is 11.6 Å². The second-order valence-corrected chi connectivity index (χ2v) is 4.02. The first-order chi connectivity index (χ1) is 6.43. The minimum Gasteiger partial charge on any atom is -0.481 e. The van der Waals surface area contributed by atoms with E-state index in [2.05, 4.69) is 0 Å². The molecule has 0 spiro atoms. The first kappa shape index (κ1) is 10.8. The Morgan fingerprint density at radius 1 is 1.71 bits per heavy atom. The first-order valence-electron chi connectivity index (χ1n) is 4.82. The molecule has 1 aliphatic rings. The molecule has 1 aliphatic carbocycles. The van der Waals surface area contributed by atoms with Crippen molar-refractivity contribution in [2.24, 2.45) is 17.1 Å². The maximum absolute atomic E-state index is 11.2. The molecular formula is C11H17NO2. The number of carboxylic acid groups (broad SMARTS) is 1. The predicted octanol–water partition coefficient (Wildman–Crippen LogP) is 1.91. The van der Waals surface area contributed by atoms with E-state index in [-0.39, 0.29) is 5.92 Å².